The summed E-state index contributed by atoms with van der Waals surface area (Å²) in [6, 6.07) is 18.2. The average molecular weight is 302 g/mol. The number of ketones is 1. The number of nitrogens with zero attached hydrogens (tertiary/aromatic N) is 1. The maximum atomic E-state index is 12.7. The van der Waals surface area contributed by atoms with Crippen LogP contribution in [-0.4, -0.2) is 11.5 Å². The number of nitrogens with one attached hydrogen (secondary N) is 1. The maximum Gasteiger partial charge on any atom is 0.167 e. The van der Waals surface area contributed by atoms with E-state index in [1.165, 1.54) is 5.56 Å². The fourth-order valence-electron chi connectivity index (χ4n) is 3.47. The van der Waals surface area contributed by atoms with E-state index in [0.29, 0.717) is 6.42 Å². The summed E-state index contributed by atoms with van der Waals surface area (Å²) in [6.45, 7) is 1.97. The maximum absolute atomic E-state index is 12.7. The number of anilines is 1. The molecule has 1 aliphatic heterocycles. The van der Waals surface area contributed by atoms with E-state index in [-0.39, 0.29) is 11.7 Å². The SMILES string of the molecule is CC1=C2C(=O)CC(c3ccccc3)CC2=Nc2ccccc2N1. The van der Waals surface area contributed by atoms with E-state index in [4.69, 9.17) is 4.99 Å². The molecule has 1 aliphatic carbocycles. The van der Waals surface area contributed by atoms with Crippen LogP contribution in [0.2, 0.25) is 0 Å². The van der Waals surface area contributed by atoms with Crippen molar-refractivity contribution in [1.82, 2.24) is 0 Å². The highest BCUT2D eigenvalue weighted by molar-refractivity contribution is 6.26. The third kappa shape index (κ3) is 2.48. The lowest BCUT2D eigenvalue weighted by molar-refractivity contribution is -0.115. The molecule has 0 radical (unpaired) electrons. The highest BCUT2D eigenvalue weighted by atomic mass is 16.1. The molecule has 1 fully saturated rings. The molecular formula is C20H18N2O. The molecule has 3 heteroatoms. The van der Waals surface area contributed by atoms with Gasteiger partial charge in [-0.2, -0.15) is 0 Å². The van der Waals surface area contributed by atoms with Crippen LogP contribution < -0.4 is 5.32 Å². The van der Waals surface area contributed by atoms with Gasteiger partial charge in [-0.15, -0.1) is 0 Å². The Morgan fingerprint density at radius 1 is 1.00 bits per heavy atom. The molecule has 3 nitrogen and oxygen atoms in total. The molecule has 2 aromatic rings. The van der Waals surface area contributed by atoms with Gasteiger partial charge in [-0.25, -0.2) is 0 Å². The Labute approximate surface area is 135 Å². The number of hydrogen-bond acceptors (Lipinski definition) is 3. The summed E-state index contributed by atoms with van der Waals surface area (Å²) in [5.74, 6) is 0.394. The van der Waals surface area contributed by atoms with E-state index in [0.717, 1.165) is 34.8 Å². The first-order valence-corrected chi connectivity index (χ1v) is 7.95. The lowest BCUT2D eigenvalue weighted by atomic mass is 9.79. The van der Waals surface area contributed by atoms with E-state index >= 15 is 0 Å². The van der Waals surface area contributed by atoms with E-state index in [9.17, 15) is 4.79 Å². The first-order valence-electron chi connectivity index (χ1n) is 7.95. The summed E-state index contributed by atoms with van der Waals surface area (Å²) in [5.41, 5.74) is 5.66. The number of carbonyl (C=O) groups excluding carboxylic acids is 1. The van der Waals surface area contributed by atoms with Crippen LogP contribution in [0, 0.1) is 0 Å². The molecule has 23 heavy (non-hydrogen) atoms. The van der Waals surface area contributed by atoms with Crippen molar-refractivity contribution in [2.45, 2.75) is 25.7 Å². The average Bonchev–Trinajstić information content (AvgIpc) is 2.71. The molecule has 0 saturated heterocycles. The van der Waals surface area contributed by atoms with Crippen molar-refractivity contribution in [2.75, 3.05) is 5.32 Å². The van der Waals surface area contributed by atoms with Gasteiger partial charge >= 0.3 is 0 Å². The van der Waals surface area contributed by atoms with Gasteiger partial charge in [-0.05, 0) is 37.0 Å². The summed E-state index contributed by atoms with van der Waals surface area (Å²) in [6.07, 6.45) is 1.35. The molecule has 0 amide bonds. The molecule has 0 bridgehead atoms. The first kappa shape index (κ1) is 13.9. The zero-order chi connectivity index (χ0) is 15.8. The van der Waals surface area contributed by atoms with Crippen molar-refractivity contribution in [1.29, 1.82) is 0 Å². The Bertz CT molecular complexity index is 834. The molecule has 114 valence electrons. The van der Waals surface area contributed by atoms with Crippen LogP contribution in [0.1, 0.15) is 31.2 Å². The largest absolute Gasteiger partial charge is 0.357 e. The normalized spacial score (nSPS) is 20.1. The second-order valence-electron chi connectivity index (χ2n) is 6.14. The second kappa shape index (κ2) is 5.51. The molecular weight excluding hydrogens is 284 g/mol. The second-order valence-corrected chi connectivity index (χ2v) is 6.14. The molecule has 0 spiro atoms. The quantitative estimate of drug-likeness (QED) is 0.836. The van der Waals surface area contributed by atoms with Gasteiger partial charge in [0.25, 0.3) is 0 Å². The van der Waals surface area contributed by atoms with Crippen LogP contribution in [0.15, 0.2) is 70.9 Å². The number of allylic oxidation sites excluding steroid dienone is 2. The summed E-state index contributed by atoms with van der Waals surface area (Å²) in [7, 11) is 0. The minimum atomic E-state index is 0.182. The van der Waals surface area contributed by atoms with Crippen LogP contribution in [0.25, 0.3) is 0 Å². The van der Waals surface area contributed by atoms with Crippen LogP contribution in [-0.2, 0) is 4.79 Å². The number of aliphatic imine (C=N–C) groups is 1. The third-order valence-electron chi connectivity index (χ3n) is 4.57. The van der Waals surface area contributed by atoms with Crippen molar-refractivity contribution in [3.8, 4) is 0 Å². The highest BCUT2D eigenvalue weighted by Crippen LogP contribution is 2.38. The first-order chi connectivity index (χ1) is 11.2. The van der Waals surface area contributed by atoms with Gasteiger partial charge in [0.15, 0.2) is 5.78 Å². The summed E-state index contributed by atoms with van der Waals surface area (Å²) in [4.78, 5) is 17.6. The van der Waals surface area contributed by atoms with Gasteiger partial charge in [0.2, 0.25) is 0 Å². The predicted molar refractivity (Wildman–Crippen MR) is 93.3 cm³/mol. The molecule has 1 N–H and O–H groups in total. The fraction of sp³-hybridized carbons (Fsp3) is 0.200. The van der Waals surface area contributed by atoms with Gasteiger partial charge in [0, 0.05) is 12.1 Å². The third-order valence-corrected chi connectivity index (χ3v) is 4.57. The zero-order valence-electron chi connectivity index (χ0n) is 13.0. The van der Waals surface area contributed by atoms with Gasteiger partial charge in [0.05, 0.1) is 22.7 Å². The van der Waals surface area contributed by atoms with Crippen molar-refractivity contribution < 1.29 is 4.79 Å². The summed E-state index contributed by atoms with van der Waals surface area (Å²) in [5, 5.41) is 3.35. The number of fused-ring (bicyclic) bond motifs is 2. The van der Waals surface area contributed by atoms with Crippen molar-refractivity contribution in [3.05, 3.63) is 71.4 Å². The molecule has 2 aliphatic rings. The highest BCUT2D eigenvalue weighted by Gasteiger charge is 2.32. The molecule has 1 unspecified atom stereocenters. The monoisotopic (exact) mass is 302 g/mol. The van der Waals surface area contributed by atoms with E-state index in [2.05, 4.69) is 17.4 Å². The number of benzene rings is 2. The van der Waals surface area contributed by atoms with Gasteiger partial charge in [-0.3, -0.25) is 9.79 Å². The minimum absolute atomic E-state index is 0.182. The van der Waals surface area contributed by atoms with Crippen LogP contribution in [0.3, 0.4) is 0 Å². The Balaban J connectivity index is 1.79. The predicted octanol–water partition coefficient (Wildman–Crippen LogP) is 4.61. The number of Topliss-reactive ketones (excluding diaryl/α,β-unsaturated/α-hetero) is 1. The Kier molecular flexibility index (Phi) is 3.34. The van der Waals surface area contributed by atoms with Crippen molar-refractivity contribution in [2.24, 2.45) is 4.99 Å². The van der Waals surface area contributed by atoms with Crippen molar-refractivity contribution >= 4 is 22.9 Å². The fourth-order valence-corrected chi connectivity index (χ4v) is 3.47. The zero-order valence-corrected chi connectivity index (χ0v) is 13.0. The molecule has 4 rings (SSSR count). The Morgan fingerprint density at radius 3 is 2.57 bits per heavy atom. The minimum Gasteiger partial charge on any atom is -0.357 e. The standard InChI is InChI=1S/C20H18N2O/c1-13-20-18(22-17-10-6-5-9-16(17)21-13)11-15(12-19(20)23)14-7-3-2-4-8-14/h2-10,15,21H,11-12H2,1H3. The molecule has 0 aromatic heterocycles. The van der Waals surface area contributed by atoms with E-state index in [1.807, 2.05) is 49.4 Å². The number of hydrogen-bond donors (Lipinski definition) is 1. The van der Waals surface area contributed by atoms with Crippen LogP contribution in [0.4, 0.5) is 11.4 Å². The topological polar surface area (TPSA) is 41.5 Å². The molecule has 1 atom stereocenters. The smallest absolute Gasteiger partial charge is 0.167 e. The van der Waals surface area contributed by atoms with Gasteiger partial charge < -0.3 is 5.32 Å². The molecule has 2 aromatic carbocycles. The summed E-state index contributed by atoms with van der Waals surface area (Å²) < 4.78 is 0. The van der Waals surface area contributed by atoms with Gasteiger partial charge in [-0.1, -0.05) is 42.5 Å². The van der Waals surface area contributed by atoms with Crippen LogP contribution in [0.5, 0.6) is 0 Å². The van der Waals surface area contributed by atoms with E-state index < -0.39 is 0 Å². The van der Waals surface area contributed by atoms with E-state index in [1.54, 1.807) is 0 Å². The summed E-state index contributed by atoms with van der Waals surface area (Å²) >= 11 is 0. The number of rotatable bonds is 1. The number of carbonyl (C=O) groups is 1. The Morgan fingerprint density at radius 2 is 1.74 bits per heavy atom. The molecule has 1 saturated carbocycles. The lowest BCUT2D eigenvalue weighted by Gasteiger charge is -2.25. The molecule has 1 heterocycles. The van der Waals surface area contributed by atoms with Gasteiger partial charge in [0.1, 0.15) is 0 Å². The lowest BCUT2D eigenvalue weighted by Crippen LogP contribution is -2.26. The van der Waals surface area contributed by atoms with Crippen molar-refractivity contribution in [3.63, 3.8) is 0 Å². The van der Waals surface area contributed by atoms with Crippen LogP contribution >= 0.6 is 0 Å². The number of para-hydroxylation sites is 2. The Hall–Kier alpha value is -2.68.